The number of benzene rings is 1. The van der Waals surface area contributed by atoms with Crippen LogP contribution in [-0.2, 0) is 0 Å². The molecule has 0 nitrogen and oxygen atoms in total. The van der Waals surface area contributed by atoms with Crippen LogP contribution >= 0.6 is 22.6 Å². The van der Waals surface area contributed by atoms with E-state index in [1.807, 2.05) is 12.1 Å². The maximum atomic E-state index is 3.14. The van der Waals surface area contributed by atoms with Gasteiger partial charge in [0.15, 0.2) is 0 Å². The van der Waals surface area contributed by atoms with Crippen LogP contribution in [0, 0.1) is 15.4 Å². The number of allylic oxidation sites excluding steroid dienone is 4. The van der Waals surface area contributed by atoms with Gasteiger partial charge in [0.1, 0.15) is 0 Å². The van der Waals surface area contributed by atoms with Crippen molar-refractivity contribution in [3.05, 3.63) is 57.2 Å². The third-order valence-electron chi connectivity index (χ3n) is 1.97. The van der Waals surface area contributed by atoms with E-state index in [2.05, 4.69) is 64.8 Å². The van der Waals surface area contributed by atoms with E-state index in [0.717, 1.165) is 17.6 Å². The van der Waals surface area contributed by atoms with Crippen LogP contribution in [0.1, 0.15) is 12.0 Å². The molecule has 1 aliphatic rings. The van der Waals surface area contributed by atoms with E-state index >= 15 is 0 Å². The van der Waals surface area contributed by atoms with Gasteiger partial charge in [-0.25, -0.2) is 0 Å². The van der Waals surface area contributed by atoms with E-state index < -0.39 is 0 Å². The fourth-order valence-electron chi connectivity index (χ4n) is 1.23. The second kappa shape index (κ2) is 4.47. The molecule has 0 radical (unpaired) electrons. The van der Waals surface area contributed by atoms with Gasteiger partial charge >= 0.3 is 0 Å². The molecule has 1 aliphatic carbocycles. The Morgan fingerprint density at radius 1 is 1.07 bits per heavy atom. The lowest BCUT2D eigenvalue weighted by Gasteiger charge is -1.90. The zero-order valence-electron chi connectivity index (χ0n) is 7.63. The van der Waals surface area contributed by atoms with E-state index in [1.165, 1.54) is 3.57 Å². The summed E-state index contributed by atoms with van der Waals surface area (Å²) >= 11 is 2.29. The number of rotatable bonds is 0. The fraction of sp³-hybridized carbons (Fsp3) is 0.0769. The summed E-state index contributed by atoms with van der Waals surface area (Å²) in [7, 11) is 0. The summed E-state index contributed by atoms with van der Waals surface area (Å²) in [5, 5.41) is 0. The van der Waals surface area contributed by atoms with Crippen LogP contribution < -0.4 is 0 Å². The van der Waals surface area contributed by atoms with Crippen molar-refractivity contribution in [1.82, 2.24) is 0 Å². The van der Waals surface area contributed by atoms with Gasteiger partial charge in [-0.3, -0.25) is 0 Å². The molecule has 68 valence electrons. The summed E-state index contributed by atoms with van der Waals surface area (Å²) in [6.45, 7) is 0. The highest BCUT2D eigenvalue weighted by molar-refractivity contribution is 14.1. The molecule has 1 heteroatoms. The van der Waals surface area contributed by atoms with Gasteiger partial charge in [-0.2, -0.15) is 0 Å². The van der Waals surface area contributed by atoms with Gasteiger partial charge in [0.25, 0.3) is 0 Å². The Balaban J connectivity index is 2.17. The summed E-state index contributed by atoms with van der Waals surface area (Å²) in [6, 6.07) is 8.24. The maximum Gasteiger partial charge on any atom is 0.0249 e. The third-order valence-corrected chi connectivity index (χ3v) is 2.69. The Morgan fingerprint density at radius 2 is 1.86 bits per heavy atom. The first-order chi connectivity index (χ1) is 6.84. The lowest BCUT2D eigenvalue weighted by Crippen LogP contribution is -1.75. The second-order valence-corrected chi connectivity index (χ2v) is 4.30. The van der Waals surface area contributed by atoms with E-state index in [1.54, 1.807) is 0 Å². The molecule has 0 heterocycles. The Labute approximate surface area is 97.9 Å². The third kappa shape index (κ3) is 2.49. The fourth-order valence-corrected chi connectivity index (χ4v) is 1.59. The minimum Gasteiger partial charge on any atom is -0.0795 e. The molecule has 0 spiro atoms. The first-order valence-electron chi connectivity index (χ1n) is 4.49. The predicted octanol–water partition coefficient (Wildman–Crippen LogP) is 3.53. The van der Waals surface area contributed by atoms with Gasteiger partial charge < -0.3 is 0 Å². The van der Waals surface area contributed by atoms with Crippen LogP contribution in [-0.4, -0.2) is 0 Å². The standard InChI is InChI=1S/C13H9I/c14-13-9-7-12(8-10-13)6-5-11-3-1-2-4-11/h1,3-4,7-10H,2H2. The molecule has 0 bridgehead atoms. The molecule has 0 aromatic heterocycles. The van der Waals surface area contributed by atoms with Crippen LogP contribution in [0.5, 0.6) is 0 Å². The van der Waals surface area contributed by atoms with Gasteiger partial charge in [0.2, 0.25) is 0 Å². The molecule has 2 rings (SSSR count). The van der Waals surface area contributed by atoms with Crippen LogP contribution in [0.2, 0.25) is 0 Å². The largest absolute Gasteiger partial charge is 0.0795 e. The topological polar surface area (TPSA) is 0 Å². The normalized spacial score (nSPS) is 13.4. The van der Waals surface area contributed by atoms with Crippen LogP contribution in [0.15, 0.2) is 48.1 Å². The van der Waals surface area contributed by atoms with Crippen LogP contribution in [0.3, 0.4) is 0 Å². The van der Waals surface area contributed by atoms with Gasteiger partial charge in [-0.05, 0) is 53.3 Å². The highest BCUT2D eigenvalue weighted by Gasteiger charge is 1.91. The quantitative estimate of drug-likeness (QED) is 0.507. The summed E-state index contributed by atoms with van der Waals surface area (Å²) in [6.07, 6.45) is 7.36. The van der Waals surface area contributed by atoms with Crippen molar-refractivity contribution in [1.29, 1.82) is 0 Å². The first kappa shape index (κ1) is 9.54. The monoisotopic (exact) mass is 292 g/mol. The molecule has 0 atom stereocenters. The minimum atomic E-state index is 1.02. The van der Waals surface area contributed by atoms with Gasteiger partial charge in [0.05, 0.1) is 0 Å². The van der Waals surface area contributed by atoms with Gasteiger partial charge in [0, 0.05) is 14.7 Å². The molecule has 14 heavy (non-hydrogen) atoms. The zero-order chi connectivity index (χ0) is 9.80. The second-order valence-electron chi connectivity index (χ2n) is 3.05. The molecular weight excluding hydrogens is 283 g/mol. The number of halogens is 1. The van der Waals surface area contributed by atoms with Crippen molar-refractivity contribution in [2.75, 3.05) is 0 Å². The Bertz CT molecular complexity index is 438. The van der Waals surface area contributed by atoms with E-state index in [9.17, 15) is 0 Å². The Kier molecular flexibility index (Phi) is 3.05. The molecule has 0 amide bonds. The lowest BCUT2D eigenvalue weighted by atomic mass is 10.2. The van der Waals surface area contributed by atoms with E-state index in [4.69, 9.17) is 0 Å². The molecule has 0 saturated heterocycles. The molecule has 0 unspecified atom stereocenters. The summed E-state index contributed by atoms with van der Waals surface area (Å²) < 4.78 is 1.24. The van der Waals surface area contributed by atoms with Crippen molar-refractivity contribution >= 4 is 22.6 Å². The molecule has 0 saturated carbocycles. The van der Waals surface area contributed by atoms with E-state index in [0.29, 0.717) is 0 Å². The van der Waals surface area contributed by atoms with Crippen LogP contribution in [0.25, 0.3) is 0 Å². The molecule has 1 aromatic carbocycles. The molecule has 0 N–H and O–H groups in total. The zero-order valence-corrected chi connectivity index (χ0v) is 9.78. The number of hydrogen-bond acceptors (Lipinski definition) is 0. The van der Waals surface area contributed by atoms with Gasteiger partial charge in [-0.1, -0.05) is 30.1 Å². The van der Waals surface area contributed by atoms with Crippen molar-refractivity contribution in [3.8, 4) is 11.8 Å². The predicted molar refractivity (Wildman–Crippen MR) is 67.9 cm³/mol. The maximum absolute atomic E-state index is 3.14. The Morgan fingerprint density at radius 3 is 2.50 bits per heavy atom. The van der Waals surface area contributed by atoms with Crippen molar-refractivity contribution in [3.63, 3.8) is 0 Å². The number of hydrogen-bond donors (Lipinski definition) is 0. The van der Waals surface area contributed by atoms with Crippen molar-refractivity contribution < 1.29 is 0 Å². The minimum absolute atomic E-state index is 1.02. The molecular formula is C13H9I. The average Bonchev–Trinajstić information content (AvgIpc) is 2.70. The molecule has 0 fully saturated rings. The lowest BCUT2D eigenvalue weighted by molar-refractivity contribution is 1.44. The summed E-state index contributed by atoms with van der Waals surface area (Å²) in [5.74, 6) is 6.28. The SMILES string of the molecule is Ic1ccc(C#CC2=CCC=C2)cc1. The van der Waals surface area contributed by atoms with Crippen molar-refractivity contribution in [2.45, 2.75) is 6.42 Å². The smallest absolute Gasteiger partial charge is 0.0249 e. The Hall–Kier alpha value is -1.01. The first-order valence-corrected chi connectivity index (χ1v) is 5.57. The highest BCUT2D eigenvalue weighted by Crippen LogP contribution is 2.08. The average molecular weight is 292 g/mol. The summed E-state index contributed by atoms with van der Waals surface area (Å²) in [4.78, 5) is 0. The van der Waals surface area contributed by atoms with Gasteiger partial charge in [-0.15, -0.1) is 0 Å². The van der Waals surface area contributed by atoms with Crippen molar-refractivity contribution in [2.24, 2.45) is 0 Å². The molecule has 1 aromatic rings. The molecule has 0 aliphatic heterocycles. The van der Waals surface area contributed by atoms with E-state index in [-0.39, 0.29) is 0 Å². The summed E-state index contributed by atoms with van der Waals surface area (Å²) in [5.41, 5.74) is 2.20. The van der Waals surface area contributed by atoms with Crippen LogP contribution in [0.4, 0.5) is 0 Å². The highest BCUT2D eigenvalue weighted by atomic mass is 127.